The maximum Gasteiger partial charge on any atom is 0.0715 e. The van der Waals surface area contributed by atoms with Gasteiger partial charge < -0.3 is 0 Å². The molecule has 0 bridgehead atoms. The first-order chi connectivity index (χ1) is 21.3. The number of pyridine rings is 2. The van der Waals surface area contributed by atoms with Crippen LogP contribution in [0.15, 0.2) is 170 Å². The van der Waals surface area contributed by atoms with E-state index in [-0.39, 0.29) is 0 Å². The van der Waals surface area contributed by atoms with Crippen LogP contribution in [0.5, 0.6) is 0 Å². The Morgan fingerprint density at radius 3 is 1.65 bits per heavy atom. The molecule has 7 aromatic rings. The van der Waals surface area contributed by atoms with Gasteiger partial charge in [0.1, 0.15) is 0 Å². The first-order valence-electron chi connectivity index (χ1n) is 14.7. The minimum Gasteiger partial charge on any atom is -0.265 e. The topological polar surface area (TPSA) is 25.8 Å². The fourth-order valence-corrected chi connectivity index (χ4v) is 6.75. The molecule has 1 aliphatic carbocycles. The number of hydrogen-bond acceptors (Lipinski definition) is 2. The average molecular weight is 549 g/mol. The molecule has 202 valence electrons. The van der Waals surface area contributed by atoms with Crippen LogP contribution in [-0.2, 0) is 5.41 Å². The Bertz CT molecular complexity index is 1950. The van der Waals surface area contributed by atoms with E-state index in [2.05, 4.69) is 157 Å². The molecule has 1 atom stereocenters. The van der Waals surface area contributed by atoms with E-state index in [1.807, 2.05) is 18.5 Å². The van der Waals surface area contributed by atoms with Crippen molar-refractivity contribution in [2.75, 3.05) is 0 Å². The lowest BCUT2D eigenvalue weighted by molar-refractivity contribution is 0.766. The van der Waals surface area contributed by atoms with E-state index in [1.165, 1.54) is 38.9 Å². The summed E-state index contributed by atoms with van der Waals surface area (Å²) in [5, 5.41) is 0. The molecule has 0 spiro atoms. The molecule has 5 aromatic carbocycles. The highest BCUT2D eigenvalue weighted by Crippen LogP contribution is 2.56. The number of rotatable bonds is 5. The average Bonchev–Trinajstić information content (AvgIpc) is 3.40. The summed E-state index contributed by atoms with van der Waals surface area (Å²) in [6.45, 7) is 0. The number of fused-ring (bicyclic) bond motifs is 3. The summed E-state index contributed by atoms with van der Waals surface area (Å²) >= 11 is 0. The van der Waals surface area contributed by atoms with E-state index in [9.17, 15) is 0 Å². The second-order valence-corrected chi connectivity index (χ2v) is 11.0. The number of aromatic nitrogens is 2. The molecule has 0 saturated carbocycles. The molecule has 0 N–H and O–H groups in total. The monoisotopic (exact) mass is 548 g/mol. The molecule has 0 fully saturated rings. The summed E-state index contributed by atoms with van der Waals surface area (Å²) in [7, 11) is 0. The largest absolute Gasteiger partial charge is 0.265 e. The first kappa shape index (κ1) is 25.1. The number of benzene rings is 5. The van der Waals surface area contributed by atoms with Crippen molar-refractivity contribution in [3.05, 3.63) is 192 Å². The maximum absolute atomic E-state index is 5.26. The van der Waals surface area contributed by atoms with Gasteiger partial charge >= 0.3 is 0 Å². The van der Waals surface area contributed by atoms with Crippen LogP contribution in [0.4, 0.5) is 0 Å². The van der Waals surface area contributed by atoms with Gasteiger partial charge in [0.25, 0.3) is 0 Å². The zero-order valence-electron chi connectivity index (χ0n) is 23.6. The lowest BCUT2D eigenvalue weighted by atomic mass is 9.67. The zero-order valence-corrected chi connectivity index (χ0v) is 23.6. The Morgan fingerprint density at radius 2 is 0.930 bits per heavy atom. The number of hydrogen-bond donors (Lipinski definition) is 0. The smallest absolute Gasteiger partial charge is 0.0715 e. The maximum atomic E-state index is 5.26. The van der Waals surface area contributed by atoms with Gasteiger partial charge in [-0.25, -0.2) is 4.98 Å². The van der Waals surface area contributed by atoms with Crippen LogP contribution >= 0.6 is 0 Å². The van der Waals surface area contributed by atoms with Gasteiger partial charge in [-0.05, 0) is 74.8 Å². The predicted molar refractivity (Wildman–Crippen MR) is 176 cm³/mol. The lowest BCUT2D eigenvalue weighted by Crippen LogP contribution is -2.28. The van der Waals surface area contributed by atoms with Gasteiger partial charge in [-0.15, -0.1) is 0 Å². The van der Waals surface area contributed by atoms with Crippen LogP contribution < -0.4 is 0 Å². The third kappa shape index (κ3) is 4.11. The van der Waals surface area contributed by atoms with Gasteiger partial charge in [0, 0.05) is 23.5 Å². The fraction of sp³-hybridized carbons (Fsp3) is 0.0244. The summed E-state index contributed by atoms with van der Waals surface area (Å²) in [5.41, 5.74) is 13.5. The normalized spacial score (nSPS) is 15.1. The molecule has 2 heterocycles. The van der Waals surface area contributed by atoms with Gasteiger partial charge in [0.05, 0.1) is 16.8 Å². The molecule has 0 radical (unpaired) electrons. The molecule has 1 aliphatic rings. The van der Waals surface area contributed by atoms with Gasteiger partial charge in [-0.2, -0.15) is 0 Å². The standard InChI is InChI=1S/C41H28N2/c1-4-12-29(13-5-1)32-27-39(30-14-6-2-7-15-30)43-40(28-32)31-20-21-36-35-18-10-11-19-37(35)41(38(36)26-31,33-16-8-3-9-17-33)34-22-24-42-25-23-34/h1-28H. The van der Waals surface area contributed by atoms with Crippen molar-refractivity contribution in [3.63, 3.8) is 0 Å². The molecule has 43 heavy (non-hydrogen) atoms. The Hall–Kier alpha value is -5.60. The summed E-state index contributed by atoms with van der Waals surface area (Å²) in [6.07, 6.45) is 3.81. The van der Waals surface area contributed by atoms with Crippen molar-refractivity contribution >= 4 is 0 Å². The van der Waals surface area contributed by atoms with Gasteiger partial charge in [0.15, 0.2) is 0 Å². The van der Waals surface area contributed by atoms with E-state index in [1.54, 1.807) is 0 Å². The Morgan fingerprint density at radius 1 is 0.372 bits per heavy atom. The van der Waals surface area contributed by atoms with Crippen molar-refractivity contribution in [2.24, 2.45) is 0 Å². The van der Waals surface area contributed by atoms with Crippen LogP contribution in [0, 0.1) is 0 Å². The first-order valence-corrected chi connectivity index (χ1v) is 14.7. The second-order valence-electron chi connectivity index (χ2n) is 11.0. The van der Waals surface area contributed by atoms with Crippen molar-refractivity contribution in [3.8, 4) is 44.8 Å². The van der Waals surface area contributed by atoms with Crippen molar-refractivity contribution in [2.45, 2.75) is 5.41 Å². The third-order valence-corrected chi connectivity index (χ3v) is 8.66. The van der Waals surface area contributed by atoms with E-state index in [0.29, 0.717) is 0 Å². The Labute approximate surface area is 252 Å². The highest BCUT2D eigenvalue weighted by molar-refractivity contribution is 5.88. The Kier molecular flexibility index (Phi) is 6.05. The van der Waals surface area contributed by atoms with Crippen molar-refractivity contribution < 1.29 is 0 Å². The van der Waals surface area contributed by atoms with Crippen LogP contribution in [-0.4, -0.2) is 9.97 Å². The molecule has 2 aromatic heterocycles. The van der Waals surface area contributed by atoms with Crippen molar-refractivity contribution in [1.82, 2.24) is 9.97 Å². The highest BCUT2D eigenvalue weighted by atomic mass is 14.7. The molecule has 2 heteroatoms. The third-order valence-electron chi connectivity index (χ3n) is 8.66. The fourth-order valence-electron chi connectivity index (χ4n) is 6.75. The van der Waals surface area contributed by atoms with Crippen LogP contribution in [0.1, 0.15) is 22.3 Å². The lowest BCUT2D eigenvalue weighted by Gasteiger charge is -2.33. The van der Waals surface area contributed by atoms with E-state index in [4.69, 9.17) is 4.98 Å². The molecule has 0 saturated heterocycles. The predicted octanol–water partition coefficient (Wildman–Crippen LogP) is 9.84. The molecule has 1 unspecified atom stereocenters. The van der Waals surface area contributed by atoms with E-state index in [0.717, 1.165) is 28.1 Å². The van der Waals surface area contributed by atoms with Gasteiger partial charge in [-0.3, -0.25) is 4.98 Å². The van der Waals surface area contributed by atoms with Crippen LogP contribution in [0.25, 0.3) is 44.8 Å². The quantitative estimate of drug-likeness (QED) is 0.214. The molecule has 8 rings (SSSR count). The second kappa shape index (κ2) is 10.3. The molecule has 0 amide bonds. The SMILES string of the molecule is c1ccc(-c2cc(-c3ccccc3)nc(-c3ccc4c(c3)C(c3ccccc3)(c3ccncc3)c3ccccc3-4)c2)cc1. The molecular weight excluding hydrogens is 520 g/mol. The summed E-state index contributed by atoms with van der Waals surface area (Å²) in [4.78, 5) is 9.64. The van der Waals surface area contributed by atoms with E-state index >= 15 is 0 Å². The molecule has 0 aliphatic heterocycles. The molecule has 2 nitrogen and oxygen atoms in total. The summed E-state index contributed by atoms with van der Waals surface area (Å²) in [6, 6.07) is 56.3. The molecular formula is C41H28N2. The van der Waals surface area contributed by atoms with Crippen molar-refractivity contribution in [1.29, 1.82) is 0 Å². The minimum absolute atomic E-state index is 0.481. The highest BCUT2D eigenvalue weighted by Gasteiger charge is 2.46. The van der Waals surface area contributed by atoms with Crippen LogP contribution in [0.2, 0.25) is 0 Å². The summed E-state index contributed by atoms with van der Waals surface area (Å²) < 4.78 is 0. The zero-order chi connectivity index (χ0) is 28.6. The van der Waals surface area contributed by atoms with Gasteiger partial charge in [0.2, 0.25) is 0 Å². The van der Waals surface area contributed by atoms with Gasteiger partial charge in [-0.1, -0.05) is 127 Å². The minimum atomic E-state index is -0.481. The Balaban J connectivity index is 1.41. The number of nitrogens with zero attached hydrogens (tertiary/aromatic N) is 2. The summed E-state index contributed by atoms with van der Waals surface area (Å²) in [5.74, 6) is 0. The van der Waals surface area contributed by atoms with E-state index < -0.39 is 5.41 Å². The van der Waals surface area contributed by atoms with Crippen LogP contribution in [0.3, 0.4) is 0 Å².